The van der Waals surface area contributed by atoms with Gasteiger partial charge in [-0.05, 0) is 13.8 Å². The van der Waals surface area contributed by atoms with Gasteiger partial charge >= 0.3 is 0 Å². The van der Waals surface area contributed by atoms with E-state index < -0.39 is 0 Å². The Morgan fingerprint density at radius 1 is 1.28 bits per heavy atom. The predicted octanol–water partition coefficient (Wildman–Crippen LogP) is 1.14. The van der Waals surface area contributed by atoms with Gasteiger partial charge in [-0.3, -0.25) is 9.80 Å². The highest BCUT2D eigenvalue weighted by atomic mass is 16.5. The number of piperazine rings is 1. The van der Waals surface area contributed by atoms with Gasteiger partial charge in [0.2, 0.25) is 0 Å². The van der Waals surface area contributed by atoms with Crippen LogP contribution in [-0.4, -0.2) is 60.9 Å². The second kappa shape index (κ2) is 6.87. The summed E-state index contributed by atoms with van der Waals surface area (Å²) in [4.78, 5) is 4.87. The van der Waals surface area contributed by atoms with Crippen molar-refractivity contribution in [1.29, 1.82) is 0 Å². The number of nitrogens with zero attached hydrogens (tertiary/aromatic N) is 3. The zero-order chi connectivity index (χ0) is 12.8. The summed E-state index contributed by atoms with van der Waals surface area (Å²) in [5.74, 6) is 0.968. The van der Waals surface area contributed by atoms with Crippen molar-refractivity contribution in [3.63, 3.8) is 0 Å². The summed E-state index contributed by atoms with van der Waals surface area (Å²) in [7, 11) is 0. The van der Waals surface area contributed by atoms with Crippen LogP contribution in [0, 0.1) is 6.92 Å². The van der Waals surface area contributed by atoms with Crippen molar-refractivity contribution >= 4 is 0 Å². The van der Waals surface area contributed by atoms with Crippen LogP contribution < -0.4 is 0 Å². The van der Waals surface area contributed by atoms with E-state index in [4.69, 9.17) is 9.26 Å². The van der Waals surface area contributed by atoms with Gasteiger partial charge in [-0.1, -0.05) is 5.16 Å². The third-order valence-electron chi connectivity index (χ3n) is 3.28. The van der Waals surface area contributed by atoms with E-state index in [0.29, 0.717) is 0 Å². The molecule has 0 atom stereocenters. The number of hydrogen-bond acceptors (Lipinski definition) is 5. The molecule has 0 saturated carbocycles. The molecule has 0 amide bonds. The molecular weight excluding hydrogens is 230 g/mol. The smallest absolute Gasteiger partial charge is 0.150 e. The number of rotatable bonds is 6. The first-order chi connectivity index (χ1) is 8.78. The molecule has 1 fully saturated rings. The lowest BCUT2D eigenvalue weighted by Gasteiger charge is -2.33. The molecular formula is C13H23N3O2. The fourth-order valence-corrected chi connectivity index (χ4v) is 2.22. The summed E-state index contributed by atoms with van der Waals surface area (Å²) in [6.07, 6.45) is 0. The molecule has 1 aliphatic rings. The Balaban J connectivity index is 1.67. The minimum absolute atomic E-state index is 0.810. The Morgan fingerprint density at radius 3 is 2.61 bits per heavy atom. The van der Waals surface area contributed by atoms with Crippen LogP contribution in [0.15, 0.2) is 10.6 Å². The van der Waals surface area contributed by atoms with Gasteiger partial charge in [0, 0.05) is 45.4 Å². The summed E-state index contributed by atoms with van der Waals surface area (Å²) in [5.41, 5.74) is 0.959. The number of aryl methyl sites for hydroxylation is 1. The van der Waals surface area contributed by atoms with E-state index in [1.165, 1.54) is 0 Å². The number of ether oxygens (including phenoxy) is 1. The van der Waals surface area contributed by atoms with Gasteiger partial charge < -0.3 is 9.26 Å². The third kappa shape index (κ3) is 4.08. The molecule has 0 N–H and O–H groups in total. The zero-order valence-corrected chi connectivity index (χ0v) is 11.4. The Morgan fingerprint density at radius 2 is 2.00 bits per heavy atom. The van der Waals surface area contributed by atoms with E-state index in [9.17, 15) is 0 Å². The molecule has 1 saturated heterocycles. The van der Waals surface area contributed by atoms with Crippen LogP contribution in [0.1, 0.15) is 18.4 Å². The zero-order valence-electron chi connectivity index (χ0n) is 11.4. The molecule has 0 bridgehead atoms. The molecule has 1 aromatic heterocycles. The molecule has 5 heteroatoms. The molecule has 0 aromatic carbocycles. The van der Waals surface area contributed by atoms with E-state index in [1.807, 2.05) is 19.9 Å². The molecule has 2 heterocycles. The summed E-state index contributed by atoms with van der Waals surface area (Å²) < 4.78 is 10.6. The lowest BCUT2D eigenvalue weighted by Crippen LogP contribution is -2.46. The molecule has 1 aliphatic heterocycles. The second-order valence-electron chi connectivity index (χ2n) is 4.75. The Kier molecular flexibility index (Phi) is 5.16. The standard InChI is InChI=1S/C13H23N3O2/c1-3-17-9-8-15-4-6-16(7-5-15)11-13-10-12(2)14-18-13/h10H,3-9,11H2,1-2H3. The molecule has 2 rings (SSSR count). The largest absolute Gasteiger partial charge is 0.380 e. The quantitative estimate of drug-likeness (QED) is 0.711. The van der Waals surface area contributed by atoms with Gasteiger partial charge in [0.25, 0.3) is 0 Å². The molecule has 102 valence electrons. The maximum Gasteiger partial charge on any atom is 0.150 e. The van der Waals surface area contributed by atoms with E-state index in [-0.39, 0.29) is 0 Å². The highest BCUT2D eigenvalue weighted by Crippen LogP contribution is 2.09. The average molecular weight is 253 g/mol. The molecule has 5 nitrogen and oxygen atoms in total. The van der Waals surface area contributed by atoms with Crippen molar-refractivity contribution in [3.05, 3.63) is 17.5 Å². The fourth-order valence-electron chi connectivity index (χ4n) is 2.22. The second-order valence-corrected chi connectivity index (χ2v) is 4.75. The first kappa shape index (κ1) is 13.5. The highest BCUT2D eigenvalue weighted by Gasteiger charge is 2.17. The predicted molar refractivity (Wildman–Crippen MR) is 69.5 cm³/mol. The maximum atomic E-state index is 5.38. The molecule has 0 radical (unpaired) electrons. The van der Waals surface area contributed by atoms with Gasteiger partial charge in [0.05, 0.1) is 18.8 Å². The first-order valence-corrected chi connectivity index (χ1v) is 6.72. The topological polar surface area (TPSA) is 41.7 Å². The number of hydrogen-bond donors (Lipinski definition) is 0. The normalized spacial score (nSPS) is 18.3. The van der Waals surface area contributed by atoms with Crippen molar-refractivity contribution < 1.29 is 9.26 Å². The van der Waals surface area contributed by atoms with Gasteiger partial charge in [-0.15, -0.1) is 0 Å². The number of aromatic nitrogens is 1. The van der Waals surface area contributed by atoms with Crippen LogP contribution in [0.5, 0.6) is 0 Å². The molecule has 0 aliphatic carbocycles. The maximum absolute atomic E-state index is 5.38. The van der Waals surface area contributed by atoms with Crippen molar-refractivity contribution in [3.8, 4) is 0 Å². The SMILES string of the molecule is CCOCCN1CCN(Cc2cc(C)no2)CC1. The molecule has 18 heavy (non-hydrogen) atoms. The van der Waals surface area contributed by atoms with E-state index in [2.05, 4.69) is 15.0 Å². The Bertz CT molecular complexity index is 346. The first-order valence-electron chi connectivity index (χ1n) is 6.72. The monoisotopic (exact) mass is 253 g/mol. The summed E-state index contributed by atoms with van der Waals surface area (Å²) in [5, 5.41) is 3.92. The third-order valence-corrected chi connectivity index (χ3v) is 3.28. The lowest BCUT2D eigenvalue weighted by molar-refractivity contribution is 0.0755. The van der Waals surface area contributed by atoms with Crippen molar-refractivity contribution in [1.82, 2.24) is 15.0 Å². The summed E-state index contributed by atoms with van der Waals surface area (Å²) in [6.45, 7) is 12.0. The lowest BCUT2D eigenvalue weighted by atomic mass is 10.3. The molecule has 1 aromatic rings. The average Bonchev–Trinajstić information content (AvgIpc) is 2.77. The van der Waals surface area contributed by atoms with E-state index in [1.54, 1.807) is 0 Å². The van der Waals surface area contributed by atoms with Crippen molar-refractivity contribution in [2.75, 3.05) is 45.9 Å². The van der Waals surface area contributed by atoms with Crippen LogP contribution in [0.2, 0.25) is 0 Å². The van der Waals surface area contributed by atoms with Crippen LogP contribution in [0.3, 0.4) is 0 Å². The molecule has 0 unspecified atom stereocenters. The summed E-state index contributed by atoms with van der Waals surface area (Å²) >= 11 is 0. The van der Waals surface area contributed by atoms with Crippen LogP contribution in [-0.2, 0) is 11.3 Å². The van der Waals surface area contributed by atoms with Gasteiger partial charge in [-0.25, -0.2) is 0 Å². The Labute approximate surface area is 109 Å². The highest BCUT2D eigenvalue weighted by molar-refractivity contribution is 5.02. The molecule has 0 spiro atoms. The minimum Gasteiger partial charge on any atom is -0.380 e. The van der Waals surface area contributed by atoms with Gasteiger partial charge in [0.1, 0.15) is 0 Å². The Hall–Kier alpha value is -0.910. The van der Waals surface area contributed by atoms with E-state index >= 15 is 0 Å². The fraction of sp³-hybridized carbons (Fsp3) is 0.769. The minimum atomic E-state index is 0.810. The van der Waals surface area contributed by atoms with Gasteiger partial charge in [0.15, 0.2) is 5.76 Å². The van der Waals surface area contributed by atoms with Crippen LogP contribution in [0.4, 0.5) is 0 Å². The van der Waals surface area contributed by atoms with Crippen molar-refractivity contribution in [2.45, 2.75) is 20.4 Å². The van der Waals surface area contributed by atoms with Crippen LogP contribution >= 0.6 is 0 Å². The van der Waals surface area contributed by atoms with Gasteiger partial charge in [-0.2, -0.15) is 0 Å². The van der Waals surface area contributed by atoms with Crippen molar-refractivity contribution in [2.24, 2.45) is 0 Å². The summed E-state index contributed by atoms with van der Waals surface area (Å²) in [6, 6.07) is 2.02. The van der Waals surface area contributed by atoms with Crippen LogP contribution in [0.25, 0.3) is 0 Å². The van der Waals surface area contributed by atoms with E-state index in [0.717, 1.165) is 63.9 Å².